The first-order valence-electron chi connectivity index (χ1n) is 16.2. The van der Waals surface area contributed by atoms with Crippen molar-refractivity contribution in [1.82, 2.24) is 9.13 Å². The van der Waals surface area contributed by atoms with Crippen molar-refractivity contribution in [2.24, 2.45) is 0 Å². The van der Waals surface area contributed by atoms with E-state index in [0.29, 0.717) is 16.9 Å². The Hall–Kier alpha value is -7.39. The summed E-state index contributed by atoms with van der Waals surface area (Å²) in [4.78, 5) is 7.39. The molecule has 0 aliphatic heterocycles. The molecule has 0 atom stereocenters. The molecule has 7 aromatic carbocycles. The molecule has 2 heterocycles. The van der Waals surface area contributed by atoms with E-state index in [0.717, 1.165) is 66.5 Å². The van der Waals surface area contributed by atoms with E-state index >= 15 is 0 Å². The lowest BCUT2D eigenvalue weighted by molar-refractivity contribution is 1.17. The molecular weight excluding hydrogens is 611 g/mol. The second kappa shape index (κ2) is 11.4. The smallest absolute Gasteiger partial charge is 0.188 e. The Labute approximate surface area is 288 Å². The predicted octanol–water partition coefficient (Wildman–Crippen LogP) is 12.2. The third-order valence-corrected chi connectivity index (χ3v) is 9.54. The van der Waals surface area contributed by atoms with Gasteiger partial charge in [-0.15, -0.1) is 0 Å². The molecule has 0 fully saturated rings. The average Bonchev–Trinajstić information content (AvgIpc) is 3.70. The topological polar surface area (TPSA) is 42.4 Å². The summed E-state index contributed by atoms with van der Waals surface area (Å²) < 4.78 is 4.52. The number of para-hydroxylation sites is 2. The van der Waals surface area contributed by atoms with Crippen molar-refractivity contribution in [3.05, 3.63) is 180 Å². The Morgan fingerprint density at radius 1 is 0.440 bits per heavy atom. The molecule has 0 aliphatic rings. The highest BCUT2D eigenvalue weighted by molar-refractivity contribution is 6.12. The fourth-order valence-corrected chi connectivity index (χ4v) is 7.34. The number of hydrogen-bond acceptors (Lipinski definition) is 1. The summed E-state index contributed by atoms with van der Waals surface area (Å²) >= 11 is 0. The minimum absolute atomic E-state index is 0.545. The zero-order valence-corrected chi connectivity index (χ0v) is 26.7. The first-order valence-corrected chi connectivity index (χ1v) is 16.2. The molecule has 0 saturated carbocycles. The molecule has 0 amide bonds. The van der Waals surface area contributed by atoms with Crippen LogP contribution in [0.4, 0.5) is 11.4 Å². The van der Waals surface area contributed by atoms with Crippen LogP contribution >= 0.6 is 0 Å². The molecule has 9 aromatic rings. The van der Waals surface area contributed by atoms with Crippen molar-refractivity contribution >= 4 is 55.0 Å². The maximum Gasteiger partial charge on any atom is 0.188 e. The van der Waals surface area contributed by atoms with Gasteiger partial charge in [0, 0.05) is 22.1 Å². The zero-order valence-electron chi connectivity index (χ0n) is 26.7. The van der Waals surface area contributed by atoms with Gasteiger partial charge in [0.2, 0.25) is 0 Å². The average molecular weight is 636 g/mol. The lowest BCUT2D eigenvalue weighted by atomic mass is 9.95. The van der Waals surface area contributed by atoms with Gasteiger partial charge in [-0.25, -0.2) is 9.69 Å². The van der Waals surface area contributed by atoms with Crippen LogP contribution in [-0.4, -0.2) is 9.13 Å². The van der Waals surface area contributed by atoms with Crippen molar-refractivity contribution in [2.75, 3.05) is 0 Å². The number of benzene rings is 7. The van der Waals surface area contributed by atoms with Crippen LogP contribution in [0, 0.1) is 24.5 Å². The maximum atomic E-state index is 10.1. The number of nitrogens with zero attached hydrogens (tertiary/aromatic N) is 5. The number of hydrogen-bond donors (Lipinski definition) is 0. The molecule has 5 heteroatoms. The molecular formula is C45H25N5. The van der Waals surface area contributed by atoms with Crippen molar-refractivity contribution in [3.63, 3.8) is 0 Å². The molecule has 2 aromatic heterocycles. The van der Waals surface area contributed by atoms with E-state index in [1.165, 1.54) is 10.8 Å². The normalized spacial score (nSPS) is 11.1. The molecule has 0 spiro atoms. The third kappa shape index (κ3) is 4.45. The van der Waals surface area contributed by atoms with Gasteiger partial charge in [-0.3, -0.25) is 0 Å². The minimum atomic E-state index is 0.545. The minimum Gasteiger partial charge on any atom is -0.309 e. The van der Waals surface area contributed by atoms with E-state index in [9.17, 15) is 5.26 Å². The van der Waals surface area contributed by atoms with Crippen molar-refractivity contribution in [2.45, 2.75) is 0 Å². The van der Waals surface area contributed by atoms with E-state index in [1.54, 1.807) is 0 Å². The summed E-state index contributed by atoms with van der Waals surface area (Å²) in [5.41, 5.74) is 11.6. The van der Waals surface area contributed by atoms with Crippen LogP contribution in [-0.2, 0) is 0 Å². The molecule has 9 rings (SSSR count). The molecule has 0 bridgehead atoms. The highest BCUT2D eigenvalue weighted by atomic mass is 15.0. The van der Waals surface area contributed by atoms with Gasteiger partial charge in [0.25, 0.3) is 0 Å². The molecule has 50 heavy (non-hydrogen) atoms. The van der Waals surface area contributed by atoms with Crippen LogP contribution in [0.2, 0.25) is 0 Å². The molecule has 0 N–H and O–H groups in total. The first kappa shape index (κ1) is 28.8. The first-order chi connectivity index (χ1) is 24.6. The summed E-state index contributed by atoms with van der Waals surface area (Å²) in [6.45, 7) is 15.3. The number of nitriles is 1. The fraction of sp³-hybridized carbons (Fsp3) is 0. The molecule has 0 radical (unpaired) electrons. The van der Waals surface area contributed by atoms with Gasteiger partial charge in [-0.05, 0) is 106 Å². The second-order valence-electron chi connectivity index (χ2n) is 12.3. The Kier molecular flexibility index (Phi) is 6.56. The summed E-state index contributed by atoms with van der Waals surface area (Å²) in [5.74, 6) is 0. The van der Waals surface area contributed by atoms with Crippen molar-refractivity contribution in [3.8, 4) is 39.7 Å². The van der Waals surface area contributed by atoms with E-state index < -0.39 is 0 Å². The molecule has 230 valence electrons. The van der Waals surface area contributed by atoms with Crippen LogP contribution in [0.15, 0.2) is 152 Å². The van der Waals surface area contributed by atoms with E-state index in [1.807, 2.05) is 60.7 Å². The van der Waals surface area contributed by atoms with E-state index in [-0.39, 0.29) is 0 Å². The molecule has 0 aliphatic carbocycles. The lowest BCUT2D eigenvalue weighted by Crippen LogP contribution is -1.97. The summed E-state index contributed by atoms with van der Waals surface area (Å²) in [6, 6.07) is 53.6. The number of fused-ring (bicyclic) bond motifs is 6. The SMILES string of the molecule is [C-]#[N+]c1ccc2c(c1)c1cc([N+]#[C-])ccc1n2-c1cc(-c2cccc(-n3c4ccccc4c4ccccc43)c2)cc(-c2ccccc2C#N)c1. The fourth-order valence-electron chi connectivity index (χ4n) is 7.34. The zero-order chi connectivity index (χ0) is 33.8. The van der Waals surface area contributed by atoms with Gasteiger partial charge >= 0.3 is 0 Å². The monoisotopic (exact) mass is 635 g/mol. The summed E-state index contributed by atoms with van der Waals surface area (Å²) in [6.07, 6.45) is 0. The van der Waals surface area contributed by atoms with Crippen molar-refractivity contribution in [1.29, 1.82) is 5.26 Å². The van der Waals surface area contributed by atoms with Crippen molar-refractivity contribution < 1.29 is 0 Å². The van der Waals surface area contributed by atoms with Gasteiger partial charge in [0.05, 0.1) is 46.8 Å². The second-order valence-corrected chi connectivity index (χ2v) is 12.3. The Balaban J connectivity index is 1.33. The number of aromatic nitrogens is 2. The predicted molar refractivity (Wildman–Crippen MR) is 203 cm³/mol. The van der Waals surface area contributed by atoms with Crippen LogP contribution in [0.25, 0.3) is 86.9 Å². The van der Waals surface area contributed by atoms with Gasteiger partial charge in [-0.1, -0.05) is 78.9 Å². The van der Waals surface area contributed by atoms with Gasteiger partial charge in [0.15, 0.2) is 11.4 Å². The molecule has 5 nitrogen and oxygen atoms in total. The summed E-state index contributed by atoms with van der Waals surface area (Å²) in [5, 5.41) is 14.4. The van der Waals surface area contributed by atoms with Gasteiger partial charge < -0.3 is 9.13 Å². The van der Waals surface area contributed by atoms with E-state index in [2.05, 4.69) is 116 Å². The van der Waals surface area contributed by atoms with Crippen LogP contribution in [0.5, 0.6) is 0 Å². The van der Waals surface area contributed by atoms with Gasteiger partial charge in [-0.2, -0.15) is 5.26 Å². The van der Waals surface area contributed by atoms with Crippen LogP contribution < -0.4 is 0 Å². The Morgan fingerprint density at radius 2 is 0.980 bits per heavy atom. The third-order valence-electron chi connectivity index (χ3n) is 9.54. The van der Waals surface area contributed by atoms with Gasteiger partial charge in [0.1, 0.15) is 0 Å². The standard InChI is InChI=1S/C45H25N5/c1-47-33-18-20-44-40(26-33)41-27-34(48-2)19-21-45(41)50(44)36-24-31(22-32(25-36)37-13-4-3-10-30(37)28-46)29-11-9-12-35(23-29)49-42-16-7-5-14-38(42)39-15-6-8-17-43(39)49/h3-27H. The highest BCUT2D eigenvalue weighted by Gasteiger charge is 2.18. The largest absolute Gasteiger partial charge is 0.309 e. The lowest BCUT2D eigenvalue weighted by Gasteiger charge is -2.16. The Morgan fingerprint density at radius 3 is 1.62 bits per heavy atom. The quantitative estimate of drug-likeness (QED) is 0.177. The van der Waals surface area contributed by atoms with E-state index in [4.69, 9.17) is 13.1 Å². The molecule has 0 unspecified atom stereocenters. The highest BCUT2D eigenvalue weighted by Crippen LogP contribution is 2.40. The summed E-state index contributed by atoms with van der Waals surface area (Å²) in [7, 11) is 0. The maximum absolute atomic E-state index is 10.1. The van der Waals surface area contributed by atoms with Crippen LogP contribution in [0.1, 0.15) is 5.56 Å². The van der Waals surface area contributed by atoms with Crippen LogP contribution in [0.3, 0.4) is 0 Å². The Bertz CT molecular complexity index is 2850. The molecule has 0 saturated heterocycles. The number of rotatable bonds is 4.